The van der Waals surface area contributed by atoms with E-state index in [0.29, 0.717) is 0 Å². The highest BCUT2D eigenvalue weighted by atomic mass is 19.4. The maximum absolute atomic E-state index is 13.0. The van der Waals surface area contributed by atoms with Crippen LogP contribution in [0.5, 0.6) is 11.5 Å². The number of alkyl halides is 3. The van der Waals surface area contributed by atoms with Gasteiger partial charge in [0.15, 0.2) is 11.5 Å². The third kappa shape index (κ3) is 1.42. The molecule has 1 aliphatic rings. The number of hydrogen-bond donors (Lipinski definition) is 0. The van der Waals surface area contributed by atoms with Crippen LogP contribution in [0.15, 0.2) is 24.3 Å². The number of para-hydroxylation sites is 2. The summed E-state index contributed by atoms with van der Waals surface area (Å²) in [6.45, 7) is 2.83. The lowest BCUT2D eigenvalue weighted by Gasteiger charge is -2.32. The van der Waals surface area contributed by atoms with Crippen molar-refractivity contribution in [3.05, 3.63) is 24.3 Å². The first-order valence-electron chi connectivity index (χ1n) is 4.90. The van der Waals surface area contributed by atoms with Gasteiger partial charge < -0.3 is 9.47 Å². The molecule has 0 atom stereocenters. The van der Waals surface area contributed by atoms with E-state index in [1.54, 1.807) is 12.1 Å². The van der Waals surface area contributed by atoms with Gasteiger partial charge in [-0.05, 0) is 12.1 Å². The van der Waals surface area contributed by atoms with E-state index in [4.69, 9.17) is 9.47 Å². The van der Waals surface area contributed by atoms with Gasteiger partial charge in [-0.1, -0.05) is 26.0 Å². The van der Waals surface area contributed by atoms with Gasteiger partial charge in [0.2, 0.25) is 0 Å². The van der Waals surface area contributed by atoms with E-state index >= 15 is 0 Å². The molecule has 0 radical (unpaired) electrons. The molecule has 0 saturated heterocycles. The van der Waals surface area contributed by atoms with Crippen molar-refractivity contribution < 1.29 is 22.6 Å². The van der Waals surface area contributed by atoms with Crippen molar-refractivity contribution in [3.63, 3.8) is 0 Å². The predicted octanol–water partition coefficient (Wildman–Crippen LogP) is 3.37. The molecule has 0 saturated carbocycles. The molecule has 2 rings (SSSR count). The Labute approximate surface area is 91.0 Å². The van der Waals surface area contributed by atoms with Crippen LogP contribution in [0.1, 0.15) is 13.8 Å². The van der Waals surface area contributed by atoms with Crippen LogP contribution in [0, 0.1) is 5.92 Å². The summed E-state index contributed by atoms with van der Waals surface area (Å²) in [7, 11) is 0. The fraction of sp³-hybridized carbons (Fsp3) is 0.455. The molecule has 0 aromatic heterocycles. The Morgan fingerprint density at radius 1 is 1.06 bits per heavy atom. The second-order valence-corrected chi connectivity index (χ2v) is 3.97. The Bertz CT molecular complexity index is 373. The molecule has 2 nitrogen and oxygen atoms in total. The first-order chi connectivity index (χ1) is 7.37. The average molecular weight is 232 g/mol. The van der Waals surface area contributed by atoms with E-state index in [9.17, 15) is 13.2 Å². The Kier molecular flexibility index (Phi) is 2.29. The quantitative estimate of drug-likeness (QED) is 0.739. The molecule has 0 aliphatic carbocycles. The zero-order valence-electron chi connectivity index (χ0n) is 8.84. The van der Waals surface area contributed by atoms with Crippen LogP contribution < -0.4 is 9.47 Å². The normalized spacial score (nSPS) is 17.9. The Hall–Kier alpha value is -1.39. The standard InChI is InChI=1S/C11H11F3O2/c1-7(2)10(11(12,13)14)15-8-5-3-4-6-9(8)16-10/h3-7H,1-2H3. The molecule has 0 bridgehead atoms. The number of ether oxygens (including phenoxy) is 2. The number of hydrogen-bond acceptors (Lipinski definition) is 2. The van der Waals surface area contributed by atoms with E-state index < -0.39 is 17.9 Å². The minimum absolute atomic E-state index is 0.133. The zero-order valence-corrected chi connectivity index (χ0v) is 8.84. The van der Waals surface area contributed by atoms with Crippen LogP contribution in [-0.2, 0) is 0 Å². The zero-order chi connectivity index (χ0) is 12.0. The van der Waals surface area contributed by atoms with Crippen molar-refractivity contribution in [2.24, 2.45) is 5.92 Å². The van der Waals surface area contributed by atoms with Gasteiger partial charge in [-0.15, -0.1) is 0 Å². The number of benzene rings is 1. The molecule has 1 aromatic carbocycles. The highest BCUT2D eigenvalue weighted by Gasteiger charge is 2.65. The van der Waals surface area contributed by atoms with Gasteiger partial charge in [0.25, 0.3) is 0 Å². The van der Waals surface area contributed by atoms with Gasteiger partial charge in [0.05, 0.1) is 0 Å². The summed E-state index contributed by atoms with van der Waals surface area (Å²) in [6.07, 6.45) is -4.57. The molecular formula is C11H11F3O2. The molecule has 88 valence electrons. The van der Waals surface area contributed by atoms with Crippen molar-refractivity contribution in [1.29, 1.82) is 0 Å². The predicted molar refractivity (Wildman–Crippen MR) is 51.3 cm³/mol. The summed E-state index contributed by atoms with van der Waals surface area (Å²) in [5.74, 6) is -3.13. The monoisotopic (exact) mass is 232 g/mol. The summed E-state index contributed by atoms with van der Waals surface area (Å²) in [6, 6.07) is 6.14. The van der Waals surface area contributed by atoms with Crippen LogP contribution in [0.3, 0.4) is 0 Å². The third-order valence-electron chi connectivity index (χ3n) is 2.53. The summed E-state index contributed by atoms with van der Waals surface area (Å²) >= 11 is 0. The minimum Gasteiger partial charge on any atom is -0.440 e. The van der Waals surface area contributed by atoms with Crippen LogP contribution in [-0.4, -0.2) is 12.0 Å². The molecule has 1 heterocycles. The molecule has 0 amide bonds. The van der Waals surface area contributed by atoms with Crippen LogP contribution >= 0.6 is 0 Å². The largest absolute Gasteiger partial charge is 0.468 e. The lowest BCUT2D eigenvalue weighted by atomic mass is 10.0. The minimum atomic E-state index is -4.57. The first-order valence-corrected chi connectivity index (χ1v) is 4.90. The molecule has 1 aliphatic heterocycles. The van der Waals surface area contributed by atoms with Crippen LogP contribution in [0.4, 0.5) is 13.2 Å². The summed E-state index contributed by atoms with van der Waals surface area (Å²) in [5, 5.41) is 0. The molecule has 1 aromatic rings. The van der Waals surface area contributed by atoms with Crippen molar-refractivity contribution >= 4 is 0 Å². The smallest absolute Gasteiger partial charge is 0.440 e. The second kappa shape index (κ2) is 3.30. The number of halogens is 3. The van der Waals surface area contributed by atoms with Crippen LogP contribution in [0.2, 0.25) is 0 Å². The van der Waals surface area contributed by atoms with Gasteiger partial charge in [0, 0.05) is 5.92 Å². The molecule has 0 N–H and O–H groups in total. The molecule has 0 fully saturated rings. The molecule has 16 heavy (non-hydrogen) atoms. The molecule has 0 unspecified atom stereocenters. The maximum Gasteiger partial charge on any atom is 0.468 e. The van der Waals surface area contributed by atoms with E-state index in [-0.39, 0.29) is 11.5 Å². The Balaban J connectivity index is 2.43. The molecular weight excluding hydrogens is 221 g/mol. The lowest BCUT2D eigenvalue weighted by Crippen LogP contribution is -2.56. The van der Waals surface area contributed by atoms with E-state index in [1.807, 2.05) is 0 Å². The first kappa shape index (κ1) is 11.1. The Morgan fingerprint density at radius 2 is 1.50 bits per heavy atom. The van der Waals surface area contributed by atoms with Gasteiger partial charge in [-0.2, -0.15) is 13.2 Å². The molecule has 5 heteroatoms. The van der Waals surface area contributed by atoms with Crippen molar-refractivity contribution in [2.75, 3.05) is 0 Å². The summed E-state index contributed by atoms with van der Waals surface area (Å²) < 4.78 is 48.9. The van der Waals surface area contributed by atoms with Crippen molar-refractivity contribution in [3.8, 4) is 11.5 Å². The van der Waals surface area contributed by atoms with E-state index in [0.717, 1.165) is 0 Å². The van der Waals surface area contributed by atoms with E-state index in [2.05, 4.69) is 0 Å². The summed E-state index contributed by atoms with van der Waals surface area (Å²) in [4.78, 5) is 0. The lowest BCUT2D eigenvalue weighted by molar-refractivity contribution is -0.326. The fourth-order valence-electron chi connectivity index (χ4n) is 1.65. The maximum atomic E-state index is 13.0. The topological polar surface area (TPSA) is 18.5 Å². The molecule has 0 spiro atoms. The van der Waals surface area contributed by atoms with Gasteiger partial charge in [0.1, 0.15) is 0 Å². The SMILES string of the molecule is CC(C)C1(C(F)(F)F)Oc2ccccc2O1. The Morgan fingerprint density at radius 3 is 1.81 bits per heavy atom. The number of rotatable bonds is 1. The van der Waals surface area contributed by atoms with Gasteiger partial charge in [-0.3, -0.25) is 0 Å². The van der Waals surface area contributed by atoms with E-state index in [1.165, 1.54) is 26.0 Å². The highest BCUT2D eigenvalue weighted by molar-refractivity contribution is 5.43. The second-order valence-electron chi connectivity index (χ2n) is 3.97. The summed E-state index contributed by atoms with van der Waals surface area (Å²) in [5.41, 5.74) is 0. The van der Waals surface area contributed by atoms with Crippen LogP contribution in [0.25, 0.3) is 0 Å². The highest BCUT2D eigenvalue weighted by Crippen LogP contribution is 2.49. The average Bonchev–Trinajstić information content (AvgIpc) is 2.56. The van der Waals surface area contributed by atoms with Crippen molar-refractivity contribution in [2.45, 2.75) is 25.8 Å². The third-order valence-corrected chi connectivity index (χ3v) is 2.53. The fourth-order valence-corrected chi connectivity index (χ4v) is 1.65. The number of fused-ring (bicyclic) bond motifs is 1. The van der Waals surface area contributed by atoms with Crippen molar-refractivity contribution in [1.82, 2.24) is 0 Å². The van der Waals surface area contributed by atoms with Gasteiger partial charge in [-0.25, -0.2) is 0 Å². The van der Waals surface area contributed by atoms with Gasteiger partial charge >= 0.3 is 12.0 Å².